The SMILES string of the molecule is CCCCCCCCCC(CCC1CCC2OC2C1)(OC)OC. The Balaban J connectivity index is 1.61. The van der Waals surface area contributed by atoms with Crippen molar-refractivity contribution in [3.8, 4) is 0 Å². The molecule has 1 aliphatic heterocycles. The maximum absolute atomic E-state index is 5.81. The van der Waals surface area contributed by atoms with Gasteiger partial charge in [-0.1, -0.05) is 45.4 Å². The third-order valence-electron chi connectivity index (χ3n) is 5.95. The molecule has 23 heavy (non-hydrogen) atoms. The van der Waals surface area contributed by atoms with Crippen molar-refractivity contribution in [2.45, 2.75) is 108 Å². The highest BCUT2D eigenvalue weighted by Crippen LogP contribution is 2.42. The fourth-order valence-electron chi connectivity index (χ4n) is 4.14. The Morgan fingerprint density at radius 1 is 0.870 bits per heavy atom. The van der Waals surface area contributed by atoms with Crippen LogP contribution in [0.2, 0.25) is 0 Å². The standard InChI is InChI=1S/C20H38O3/c1-4-5-6-7-8-9-10-14-20(21-2,22-3)15-13-17-11-12-18-19(16-17)23-18/h17-19H,4-16H2,1-3H3. The minimum absolute atomic E-state index is 0.356. The second-order valence-corrected chi connectivity index (χ2v) is 7.62. The molecule has 3 atom stereocenters. The van der Waals surface area contributed by atoms with Crippen LogP contribution in [0, 0.1) is 5.92 Å². The highest BCUT2D eigenvalue weighted by atomic mass is 16.7. The molecule has 0 amide bonds. The van der Waals surface area contributed by atoms with Crippen LogP contribution in [0.1, 0.15) is 90.4 Å². The summed E-state index contributed by atoms with van der Waals surface area (Å²) in [6, 6.07) is 0. The normalized spacial score (nSPS) is 27.0. The molecule has 1 aliphatic carbocycles. The highest BCUT2D eigenvalue weighted by molar-refractivity contribution is 4.92. The van der Waals surface area contributed by atoms with E-state index in [1.54, 1.807) is 0 Å². The Kier molecular flexibility index (Phi) is 8.35. The van der Waals surface area contributed by atoms with Gasteiger partial charge in [0.05, 0.1) is 12.2 Å². The quantitative estimate of drug-likeness (QED) is 0.256. The van der Waals surface area contributed by atoms with Crippen LogP contribution >= 0.6 is 0 Å². The van der Waals surface area contributed by atoms with Crippen LogP contribution < -0.4 is 0 Å². The van der Waals surface area contributed by atoms with Gasteiger partial charge in [-0.05, 0) is 38.0 Å². The van der Waals surface area contributed by atoms with E-state index in [0.29, 0.717) is 12.2 Å². The van der Waals surface area contributed by atoms with E-state index in [9.17, 15) is 0 Å². The molecule has 1 saturated heterocycles. The van der Waals surface area contributed by atoms with Crippen LogP contribution in [0.25, 0.3) is 0 Å². The number of epoxide rings is 1. The molecule has 0 aromatic rings. The largest absolute Gasteiger partial charge is 0.370 e. The molecule has 0 radical (unpaired) electrons. The molecule has 3 heteroatoms. The van der Waals surface area contributed by atoms with Crippen LogP contribution in [0.4, 0.5) is 0 Å². The van der Waals surface area contributed by atoms with Gasteiger partial charge in [0.2, 0.25) is 0 Å². The first-order valence-corrected chi connectivity index (χ1v) is 9.98. The molecule has 2 fully saturated rings. The molecule has 0 aromatic heterocycles. The summed E-state index contributed by atoms with van der Waals surface area (Å²) in [7, 11) is 3.62. The van der Waals surface area contributed by atoms with Crippen molar-refractivity contribution in [2.24, 2.45) is 5.92 Å². The van der Waals surface area contributed by atoms with Gasteiger partial charge in [-0.25, -0.2) is 0 Å². The number of unbranched alkanes of at least 4 members (excludes halogenated alkanes) is 6. The molecular formula is C20H38O3. The van der Waals surface area contributed by atoms with Gasteiger partial charge in [-0.2, -0.15) is 0 Å². The summed E-state index contributed by atoms with van der Waals surface area (Å²) in [6.45, 7) is 2.27. The first-order chi connectivity index (χ1) is 11.2. The third kappa shape index (κ3) is 6.36. The molecule has 2 aliphatic rings. The second kappa shape index (κ2) is 10.0. The Bertz CT molecular complexity index is 314. The van der Waals surface area contributed by atoms with E-state index in [0.717, 1.165) is 18.8 Å². The molecule has 0 spiro atoms. The van der Waals surface area contributed by atoms with Gasteiger partial charge in [0.25, 0.3) is 0 Å². The molecule has 3 nitrogen and oxygen atoms in total. The van der Waals surface area contributed by atoms with Crippen molar-refractivity contribution >= 4 is 0 Å². The van der Waals surface area contributed by atoms with Crippen molar-refractivity contribution in [2.75, 3.05) is 14.2 Å². The predicted octanol–water partition coefficient (Wildman–Crippen LogP) is 5.46. The fourth-order valence-corrected chi connectivity index (χ4v) is 4.14. The Morgan fingerprint density at radius 3 is 2.22 bits per heavy atom. The van der Waals surface area contributed by atoms with E-state index in [-0.39, 0.29) is 5.79 Å². The van der Waals surface area contributed by atoms with Gasteiger partial charge < -0.3 is 14.2 Å². The Morgan fingerprint density at radius 2 is 1.57 bits per heavy atom. The van der Waals surface area contributed by atoms with Crippen LogP contribution in [-0.2, 0) is 14.2 Å². The van der Waals surface area contributed by atoms with Gasteiger partial charge in [0.15, 0.2) is 5.79 Å². The molecule has 1 saturated carbocycles. The van der Waals surface area contributed by atoms with Gasteiger partial charge in [0, 0.05) is 27.1 Å². The van der Waals surface area contributed by atoms with E-state index < -0.39 is 0 Å². The van der Waals surface area contributed by atoms with Gasteiger partial charge >= 0.3 is 0 Å². The highest BCUT2D eigenvalue weighted by Gasteiger charge is 2.44. The lowest BCUT2D eigenvalue weighted by molar-refractivity contribution is -0.217. The number of ether oxygens (including phenoxy) is 3. The second-order valence-electron chi connectivity index (χ2n) is 7.62. The molecule has 0 aromatic carbocycles. The molecule has 0 N–H and O–H groups in total. The third-order valence-corrected chi connectivity index (χ3v) is 5.95. The minimum atomic E-state index is -0.356. The van der Waals surface area contributed by atoms with Gasteiger partial charge in [-0.15, -0.1) is 0 Å². The van der Waals surface area contributed by atoms with E-state index >= 15 is 0 Å². The van der Waals surface area contributed by atoms with Gasteiger partial charge in [0.1, 0.15) is 0 Å². The maximum Gasteiger partial charge on any atom is 0.167 e. The average molecular weight is 327 g/mol. The number of hydrogen-bond donors (Lipinski definition) is 0. The molecule has 1 heterocycles. The summed E-state index contributed by atoms with van der Waals surface area (Å²) < 4.78 is 17.3. The lowest BCUT2D eigenvalue weighted by Crippen LogP contribution is -2.34. The molecule has 3 unspecified atom stereocenters. The summed E-state index contributed by atoms with van der Waals surface area (Å²) >= 11 is 0. The lowest BCUT2D eigenvalue weighted by Gasteiger charge is -2.33. The smallest absolute Gasteiger partial charge is 0.167 e. The zero-order valence-corrected chi connectivity index (χ0v) is 15.6. The van der Waals surface area contributed by atoms with E-state index in [4.69, 9.17) is 14.2 Å². The van der Waals surface area contributed by atoms with Crippen molar-refractivity contribution in [1.29, 1.82) is 0 Å². The van der Waals surface area contributed by atoms with Crippen LogP contribution in [0.5, 0.6) is 0 Å². The van der Waals surface area contributed by atoms with E-state index in [1.165, 1.54) is 70.6 Å². The summed E-state index contributed by atoms with van der Waals surface area (Å²) in [4.78, 5) is 0. The number of fused-ring (bicyclic) bond motifs is 1. The first-order valence-electron chi connectivity index (χ1n) is 9.98. The first kappa shape index (κ1) is 19.2. The lowest BCUT2D eigenvalue weighted by atomic mass is 9.84. The van der Waals surface area contributed by atoms with Crippen molar-refractivity contribution < 1.29 is 14.2 Å². The number of hydrogen-bond acceptors (Lipinski definition) is 3. The molecule has 136 valence electrons. The van der Waals surface area contributed by atoms with Crippen LogP contribution in [0.15, 0.2) is 0 Å². The van der Waals surface area contributed by atoms with Crippen molar-refractivity contribution in [1.82, 2.24) is 0 Å². The Labute approximate surface area is 143 Å². The summed E-state index contributed by atoms with van der Waals surface area (Å²) in [5.74, 6) is 0.447. The zero-order valence-electron chi connectivity index (χ0n) is 15.6. The van der Waals surface area contributed by atoms with Crippen LogP contribution in [0.3, 0.4) is 0 Å². The van der Waals surface area contributed by atoms with Crippen molar-refractivity contribution in [3.63, 3.8) is 0 Å². The van der Waals surface area contributed by atoms with Gasteiger partial charge in [-0.3, -0.25) is 0 Å². The minimum Gasteiger partial charge on any atom is -0.370 e. The van der Waals surface area contributed by atoms with Crippen molar-refractivity contribution in [3.05, 3.63) is 0 Å². The van der Waals surface area contributed by atoms with E-state index in [1.807, 2.05) is 14.2 Å². The summed E-state index contributed by atoms with van der Waals surface area (Å²) in [5.41, 5.74) is 0. The predicted molar refractivity (Wildman–Crippen MR) is 94.6 cm³/mol. The summed E-state index contributed by atoms with van der Waals surface area (Å²) in [6.07, 6.45) is 17.6. The fraction of sp³-hybridized carbons (Fsp3) is 1.00. The van der Waals surface area contributed by atoms with E-state index in [2.05, 4.69) is 6.92 Å². The monoisotopic (exact) mass is 326 g/mol. The average Bonchev–Trinajstić information content (AvgIpc) is 3.36. The molecule has 0 bridgehead atoms. The van der Waals surface area contributed by atoms with Crippen LogP contribution in [-0.4, -0.2) is 32.2 Å². The summed E-state index contributed by atoms with van der Waals surface area (Å²) in [5, 5.41) is 0. The molecule has 2 rings (SSSR count). The zero-order chi connectivity index (χ0) is 16.5. The maximum atomic E-state index is 5.81. The molecular weight excluding hydrogens is 288 g/mol. The number of methoxy groups -OCH3 is 2. The Hall–Kier alpha value is -0.120. The topological polar surface area (TPSA) is 31.0 Å². The number of rotatable bonds is 13.